The van der Waals surface area contributed by atoms with Crippen molar-refractivity contribution in [1.82, 2.24) is 9.47 Å². The van der Waals surface area contributed by atoms with Gasteiger partial charge in [0.05, 0.1) is 36.5 Å². The predicted molar refractivity (Wildman–Crippen MR) is 115 cm³/mol. The van der Waals surface area contributed by atoms with E-state index in [-0.39, 0.29) is 5.43 Å². The van der Waals surface area contributed by atoms with Gasteiger partial charge in [-0.05, 0) is 26.2 Å². The van der Waals surface area contributed by atoms with Crippen molar-refractivity contribution in [2.45, 2.75) is 0 Å². The van der Waals surface area contributed by atoms with Crippen LogP contribution in [-0.4, -0.2) is 50.9 Å². The normalized spacial score (nSPS) is 11.1. The van der Waals surface area contributed by atoms with Gasteiger partial charge >= 0.3 is 0 Å². The smallest absolute Gasteiger partial charge is 0.192 e. The van der Waals surface area contributed by atoms with Gasteiger partial charge in [-0.25, -0.2) is 0 Å². The summed E-state index contributed by atoms with van der Waals surface area (Å²) in [6, 6.07) is 13.2. The van der Waals surface area contributed by atoms with Gasteiger partial charge in [-0.2, -0.15) is 0 Å². The number of nitrogens with zero attached hydrogens (tertiary/aromatic N) is 2. The SMILES string of the molecule is COc1cccc(-c2cc(=O)c3c(NCCN(C)C)cc(OC)cc3n2C)c1. The van der Waals surface area contributed by atoms with Crippen molar-refractivity contribution in [1.29, 1.82) is 0 Å². The second-order valence-electron chi connectivity index (χ2n) is 6.98. The predicted octanol–water partition coefficient (Wildman–Crippen LogP) is 3.20. The summed E-state index contributed by atoms with van der Waals surface area (Å²) < 4.78 is 12.8. The standard InChI is InChI=1S/C22H27N3O3/c1-24(2)10-9-23-18-12-17(28-5)13-20-22(18)21(26)14-19(25(20)3)15-7-6-8-16(11-15)27-4/h6-8,11-14,23H,9-10H2,1-5H3. The van der Waals surface area contributed by atoms with Gasteiger partial charge in [-0.3, -0.25) is 4.79 Å². The summed E-state index contributed by atoms with van der Waals surface area (Å²) in [4.78, 5) is 15.2. The molecule has 0 radical (unpaired) electrons. The van der Waals surface area contributed by atoms with E-state index in [9.17, 15) is 4.79 Å². The Hall–Kier alpha value is -2.99. The van der Waals surface area contributed by atoms with Crippen LogP contribution in [0.3, 0.4) is 0 Å². The first-order valence-corrected chi connectivity index (χ1v) is 9.19. The Labute approximate surface area is 165 Å². The molecule has 0 amide bonds. The van der Waals surface area contributed by atoms with E-state index < -0.39 is 0 Å². The van der Waals surface area contributed by atoms with E-state index in [0.29, 0.717) is 11.1 Å². The number of likely N-dealkylation sites (N-methyl/N-ethyl adjacent to an activating group) is 1. The fourth-order valence-corrected chi connectivity index (χ4v) is 3.28. The van der Waals surface area contributed by atoms with Crippen LogP contribution in [0.25, 0.3) is 22.2 Å². The van der Waals surface area contributed by atoms with Crippen LogP contribution >= 0.6 is 0 Å². The highest BCUT2D eigenvalue weighted by molar-refractivity contribution is 5.94. The summed E-state index contributed by atoms with van der Waals surface area (Å²) in [5, 5.41) is 4.05. The number of benzene rings is 2. The van der Waals surface area contributed by atoms with Crippen molar-refractivity contribution in [3.05, 3.63) is 52.7 Å². The van der Waals surface area contributed by atoms with Crippen molar-refractivity contribution in [2.75, 3.05) is 46.7 Å². The monoisotopic (exact) mass is 381 g/mol. The van der Waals surface area contributed by atoms with Crippen LogP contribution in [-0.2, 0) is 7.05 Å². The number of hydrogen-bond donors (Lipinski definition) is 1. The molecule has 0 unspecified atom stereocenters. The highest BCUT2D eigenvalue weighted by atomic mass is 16.5. The van der Waals surface area contributed by atoms with Crippen molar-refractivity contribution >= 4 is 16.6 Å². The fourth-order valence-electron chi connectivity index (χ4n) is 3.28. The fraction of sp³-hybridized carbons (Fsp3) is 0.318. The molecule has 1 aromatic heterocycles. The molecule has 0 aliphatic rings. The molecule has 1 heterocycles. The van der Waals surface area contributed by atoms with Gasteiger partial charge < -0.3 is 24.3 Å². The second kappa shape index (κ2) is 8.35. The summed E-state index contributed by atoms with van der Waals surface area (Å²) >= 11 is 0. The maximum atomic E-state index is 13.1. The summed E-state index contributed by atoms with van der Waals surface area (Å²) in [6.07, 6.45) is 0. The Kier molecular flexibility index (Phi) is 5.90. The molecule has 0 aliphatic carbocycles. The topological polar surface area (TPSA) is 55.7 Å². The molecule has 0 aliphatic heterocycles. The third kappa shape index (κ3) is 3.97. The molecule has 3 aromatic rings. The zero-order chi connectivity index (χ0) is 20.3. The highest BCUT2D eigenvalue weighted by Gasteiger charge is 2.14. The number of aromatic nitrogens is 1. The van der Waals surface area contributed by atoms with Gasteiger partial charge in [0.2, 0.25) is 0 Å². The largest absolute Gasteiger partial charge is 0.497 e. The van der Waals surface area contributed by atoms with Crippen molar-refractivity contribution in [3.63, 3.8) is 0 Å². The Balaban J connectivity index is 2.18. The highest BCUT2D eigenvalue weighted by Crippen LogP contribution is 2.31. The maximum absolute atomic E-state index is 13.1. The van der Waals surface area contributed by atoms with Crippen LogP contribution < -0.4 is 20.2 Å². The minimum Gasteiger partial charge on any atom is -0.497 e. The van der Waals surface area contributed by atoms with Crippen molar-refractivity contribution in [2.24, 2.45) is 7.05 Å². The third-order valence-electron chi connectivity index (χ3n) is 4.80. The van der Waals surface area contributed by atoms with E-state index >= 15 is 0 Å². The number of nitrogens with one attached hydrogen (secondary N) is 1. The lowest BCUT2D eigenvalue weighted by Gasteiger charge is -2.18. The molecular formula is C22H27N3O3. The van der Waals surface area contributed by atoms with E-state index in [2.05, 4.69) is 10.2 Å². The van der Waals surface area contributed by atoms with Gasteiger partial charge in [0.25, 0.3) is 0 Å². The summed E-state index contributed by atoms with van der Waals surface area (Å²) in [5.74, 6) is 1.46. The first-order chi connectivity index (χ1) is 13.4. The molecule has 0 fully saturated rings. The lowest BCUT2D eigenvalue weighted by atomic mass is 10.1. The average Bonchev–Trinajstić information content (AvgIpc) is 2.69. The first-order valence-electron chi connectivity index (χ1n) is 9.19. The maximum Gasteiger partial charge on any atom is 0.192 e. The van der Waals surface area contributed by atoms with Crippen LogP contribution in [0.4, 0.5) is 5.69 Å². The third-order valence-corrected chi connectivity index (χ3v) is 4.80. The molecule has 0 saturated heterocycles. The van der Waals surface area contributed by atoms with Gasteiger partial charge in [0.15, 0.2) is 5.43 Å². The Bertz CT molecular complexity index is 1040. The average molecular weight is 381 g/mol. The van der Waals surface area contributed by atoms with E-state index in [1.165, 1.54) is 0 Å². The minimum atomic E-state index is -0.0269. The number of aryl methyl sites for hydroxylation is 1. The Morgan fingerprint density at radius 3 is 2.46 bits per heavy atom. The first kappa shape index (κ1) is 19.8. The van der Waals surface area contributed by atoms with Crippen molar-refractivity contribution < 1.29 is 9.47 Å². The Morgan fingerprint density at radius 1 is 1.04 bits per heavy atom. The molecule has 3 rings (SSSR count). The van der Waals surface area contributed by atoms with Crippen LogP contribution in [0.15, 0.2) is 47.3 Å². The molecule has 148 valence electrons. The van der Waals surface area contributed by atoms with E-state index in [4.69, 9.17) is 9.47 Å². The second-order valence-corrected chi connectivity index (χ2v) is 6.98. The number of hydrogen-bond acceptors (Lipinski definition) is 5. The molecule has 0 bridgehead atoms. The summed E-state index contributed by atoms with van der Waals surface area (Å²) in [6.45, 7) is 1.59. The van der Waals surface area contributed by atoms with Gasteiger partial charge in [0.1, 0.15) is 11.5 Å². The molecular weight excluding hydrogens is 354 g/mol. The Morgan fingerprint density at radius 2 is 1.79 bits per heavy atom. The lowest BCUT2D eigenvalue weighted by molar-refractivity contribution is 0.414. The van der Waals surface area contributed by atoms with Crippen LogP contribution in [0, 0.1) is 0 Å². The van der Waals surface area contributed by atoms with Crippen molar-refractivity contribution in [3.8, 4) is 22.8 Å². The minimum absolute atomic E-state index is 0.0269. The van der Waals surface area contributed by atoms with Gasteiger partial charge in [-0.1, -0.05) is 12.1 Å². The molecule has 1 N–H and O–H groups in total. The number of fused-ring (bicyclic) bond motifs is 1. The van der Waals surface area contributed by atoms with E-state index in [0.717, 1.165) is 41.3 Å². The van der Waals surface area contributed by atoms with Gasteiger partial charge in [0, 0.05) is 43.9 Å². The molecule has 28 heavy (non-hydrogen) atoms. The van der Waals surface area contributed by atoms with Gasteiger partial charge in [-0.15, -0.1) is 0 Å². The molecule has 0 spiro atoms. The van der Waals surface area contributed by atoms with Crippen LogP contribution in [0.2, 0.25) is 0 Å². The molecule has 2 aromatic carbocycles. The molecule has 6 nitrogen and oxygen atoms in total. The lowest BCUT2D eigenvalue weighted by Crippen LogP contribution is -2.21. The van der Waals surface area contributed by atoms with E-state index in [1.54, 1.807) is 20.3 Å². The van der Waals surface area contributed by atoms with E-state index in [1.807, 2.05) is 62.1 Å². The number of methoxy groups -OCH3 is 2. The summed E-state index contributed by atoms with van der Waals surface area (Å²) in [5.41, 5.74) is 3.32. The number of rotatable bonds is 7. The number of ether oxygens (including phenoxy) is 2. The number of pyridine rings is 1. The number of anilines is 1. The molecule has 0 saturated carbocycles. The van der Waals surface area contributed by atoms with Crippen LogP contribution in [0.1, 0.15) is 0 Å². The van der Waals surface area contributed by atoms with Crippen LogP contribution in [0.5, 0.6) is 11.5 Å². The summed E-state index contributed by atoms with van der Waals surface area (Å²) in [7, 11) is 9.26. The zero-order valence-corrected chi connectivity index (χ0v) is 17.1. The zero-order valence-electron chi connectivity index (χ0n) is 17.1. The molecule has 6 heteroatoms. The quantitative estimate of drug-likeness (QED) is 0.681. The molecule has 0 atom stereocenters.